The Kier molecular flexibility index (Phi) is 5.01. The van der Waals surface area contributed by atoms with E-state index in [0.717, 1.165) is 0 Å². The van der Waals surface area contributed by atoms with E-state index >= 15 is 0 Å². The standard InChI is InChI=1S/C7H14N2O4/c1-4(8)6(11)9-3-2-5(10)7(12)13/h4-5,10H,2-3,8H2,1H3,(H,9,11)(H,12,13)/t4-,5?/m1/s1. The summed E-state index contributed by atoms with van der Waals surface area (Å²) in [6, 6.07) is -0.623. The fourth-order valence-electron chi connectivity index (χ4n) is 0.617. The summed E-state index contributed by atoms with van der Waals surface area (Å²) in [5.74, 6) is -1.66. The quantitative estimate of drug-likeness (QED) is 0.412. The van der Waals surface area contributed by atoms with Crippen LogP contribution in [0.15, 0.2) is 0 Å². The van der Waals surface area contributed by atoms with Crippen molar-refractivity contribution in [3.05, 3.63) is 0 Å². The van der Waals surface area contributed by atoms with Crippen LogP contribution in [-0.4, -0.2) is 40.8 Å². The molecule has 1 amide bonds. The zero-order chi connectivity index (χ0) is 10.4. The lowest BCUT2D eigenvalue weighted by Gasteiger charge is -2.08. The van der Waals surface area contributed by atoms with Gasteiger partial charge in [0, 0.05) is 13.0 Å². The Morgan fingerprint density at radius 1 is 1.54 bits per heavy atom. The van der Waals surface area contributed by atoms with Crippen LogP contribution in [0.1, 0.15) is 13.3 Å². The Morgan fingerprint density at radius 2 is 2.08 bits per heavy atom. The molecule has 0 fully saturated rings. The summed E-state index contributed by atoms with van der Waals surface area (Å²) in [6.45, 7) is 1.62. The van der Waals surface area contributed by atoms with Crippen molar-refractivity contribution in [2.24, 2.45) is 5.73 Å². The van der Waals surface area contributed by atoms with Crippen LogP contribution in [0.25, 0.3) is 0 Å². The van der Waals surface area contributed by atoms with Crippen molar-refractivity contribution >= 4 is 11.9 Å². The Balaban J connectivity index is 3.56. The van der Waals surface area contributed by atoms with E-state index in [1.807, 2.05) is 0 Å². The maximum absolute atomic E-state index is 10.8. The Morgan fingerprint density at radius 3 is 2.46 bits per heavy atom. The summed E-state index contributed by atoms with van der Waals surface area (Å²) in [7, 11) is 0. The third-order valence-corrected chi connectivity index (χ3v) is 1.42. The highest BCUT2D eigenvalue weighted by atomic mass is 16.4. The number of carboxylic acid groups (broad SMARTS) is 1. The number of carbonyl (C=O) groups is 2. The predicted octanol–water partition coefficient (Wildman–Crippen LogP) is -1.71. The van der Waals surface area contributed by atoms with Gasteiger partial charge in [0.15, 0.2) is 6.10 Å². The monoisotopic (exact) mass is 190 g/mol. The molecule has 0 aliphatic carbocycles. The van der Waals surface area contributed by atoms with Crippen LogP contribution in [0.2, 0.25) is 0 Å². The van der Waals surface area contributed by atoms with Gasteiger partial charge in [-0.1, -0.05) is 0 Å². The second-order valence-electron chi connectivity index (χ2n) is 2.72. The Hall–Kier alpha value is -1.14. The number of aliphatic hydroxyl groups excluding tert-OH is 1. The van der Waals surface area contributed by atoms with Gasteiger partial charge in [0.2, 0.25) is 5.91 Å². The van der Waals surface area contributed by atoms with E-state index in [1.165, 1.54) is 6.92 Å². The summed E-state index contributed by atoms with van der Waals surface area (Å²) in [4.78, 5) is 21.0. The third kappa shape index (κ3) is 5.15. The molecule has 0 spiro atoms. The van der Waals surface area contributed by atoms with Crippen molar-refractivity contribution in [3.63, 3.8) is 0 Å². The van der Waals surface area contributed by atoms with E-state index in [-0.39, 0.29) is 18.9 Å². The second-order valence-corrected chi connectivity index (χ2v) is 2.72. The summed E-state index contributed by atoms with van der Waals surface area (Å²) in [5.41, 5.74) is 5.22. The van der Waals surface area contributed by atoms with Crippen LogP contribution in [0.3, 0.4) is 0 Å². The molecule has 6 nitrogen and oxygen atoms in total. The highest BCUT2D eigenvalue weighted by Gasteiger charge is 2.13. The number of carboxylic acids is 1. The molecular formula is C7H14N2O4. The summed E-state index contributed by atoms with van der Waals surface area (Å²) in [6.07, 6.45) is -1.46. The minimum Gasteiger partial charge on any atom is -0.479 e. The lowest BCUT2D eigenvalue weighted by molar-refractivity contribution is -0.147. The van der Waals surface area contributed by atoms with E-state index in [9.17, 15) is 9.59 Å². The normalized spacial score (nSPS) is 14.7. The van der Waals surface area contributed by atoms with Crippen LogP contribution in [0.4, 0.5) is 0 Å². The lowest BCUT2D eigenvalue weighted by atomic mass is 10.2. The number of nitrogens with two attached hydrogens (primary N) is 1. The zero-order valence-corrected chi connectivity index (χ0v) is 7.36. The molecule has 0 aliphatic heterocycles. The van der Waals surface area contributed by atoms with E-state index < -0.39 is 18.1 Å². The van der Waals surface area contributed by atoms with Gasteiger partial charge in [-0.15, -0.1) is 0 Å². The fraction of sp³-hybridized carbons (Fsp3) is 0.714. The highest BCUT2D eigenvalue weighted by molar-refractivity contribution is 5.81. The molecule has 0 saturated heterocycles. The largest absolute Gasteiger partial charge is 0.479 e. The van der Waals surface area contributed by atoms with Crippen LogP contribution >= 0.6 is 0 Å². The molecule has 0 bridgehead atoms. The first-order valence-electron chi connectivity index (χ1n) is 3.89. The number of amides is 1. The number of carbonyl (C=O) groups excluding carboxylic acids is 1. The van der Waals surface area contributed by atoms with E-state index in [0.29, 0.717) is 0 Å². The molecule has 0 rings (SSSR count). The van der Waals surface area contributed by atoms with Gasteiger partial charge in [0.05, 0.1) is 6.04 Å². The molecule has 0 heterocycles. The summed E-state index contributed by atoms with van der Waals surface area (Å²) >= 11 is 0. The van der Waals surface area contributed by atoms with Gasteiger partial charge in [-0.3, -0.25) is 4.79 Å². The Labute approximate surface area is 75.7 Å². The number of aliphatic hydroxyl groups is 1. The van der Waals surface area contributed by atoms with Gasteiger partial charge in [0.25, 0.3) is 0 Å². The highest BCUT2D eigenvalue weighted by Crippen LogP contribution is 1.89. The molecule has 5 N–H and O–H groups in total. The van der Waals surface area contributed by atoms with Gasteiger partial charge in [-0.25, -0.2) is 4.79 Å². The van der Waals surface area contributed by atoms with Crippen molar-refractivity contribution < 1.29 is 19.8 Å². The molecule has 0 aromatic heterocycles. The van der Waals surface area contributed by atoms with Gasteiger partial charge >= 0.3 is 5.97 Å². The van der Waals surface area contributed by atoms with E-state index in [4.69, 9.17) is 15.9 Å². The van der Waals surface area contributed by atoms with Gasteiger partial charge < -0.3 is 21.3 Å². The van der Waals surface area contributed by atoms with Crippen LogP contribution < -0.4 is 11.1 Å². The zero-order valence-electron chi connectivity index (χ0n) is 7.36. The molecule has 2 atom stereocenters. The molecule has 76 valence electrons. The van der Waals surface area contributed by atoms with Crippen molar-refractivity contribution in [3.8, 4) is 0 Å². The number of rotatable bonds is 5. The second kappa shape index (κ2) is 5.50. The molecule has 0 aromatic rings. The average molecular weight is 190 g/mol. The SMILES string of the molecule is C[C@@H](N)C(=O)NCCC(O)C(=O)O. The topological polar surface area (TPSA) is 113 Å². The number of hydrogen-bond acceptors (Lipinski definition) is 4. The molecule has 0 aromatic carbocycles. The molecule has 0 aliphatic rings. The van der Waals surface area contributed by atoms with E-state index in [1.54, 1.807) is 0 Å². The van der Waals surface area contributed by atoms with Crippen LogP contribution in [-0.2, 0) is 9.59 Å². The first kappa shape index (κ1) is 11.9. The minimum atomic E-state index is -1.44. The third-order valence-electron chi connectivity index (χ3n) is 1.42. The predicted molar refractivity (Wildman–Crippen MR) is 44.9 cm³/mol. The maximum atomic E-state index is 10.8. The Bertz CT molecular complexity index is 193. The van der Waals surface area contributed by atoms with Gasteiger partial charge in [-0.2, -0.15) is 0 Å². The average Bonchev–Trinajstić information content (AvgIpc) is 2.03. The van der Waals surface area contributed by atoms with Crippen molar-refractivity contribution in [2.75, 3.05) is 6.54 Å². The number of nitrogens with one attached hydrogen (secondary N) is 1. The first-order chi connectivity index (χ1) is 5.95. The fourth-order valence-corrected chi connectivity index (χ4v) is 0.617. The van der Waals surface area contributed by atoms with Crippen molar-refractivity contribution in [1.82, 2.24) is 5.32 Å². The molecule has 0 radical (unpaired) electrons. The molecule has 1 unspecified atom stereocenters. The van der Waals surface area contributed by atoms with Crippen molar-refractivity contribution in [2.45, 2.75) is 25.5 Å². The molecule has 13 heavy (non-hydrogen) atoms. The molecule has 6 heteroatoms. The number of hydrogen-bond donors (Lipinski definition) is 4. The molecule has 0 saturated carbocycles. The lowest BCUT2D eigenvalue weighted by Crippen LogP contribution is -2.39. The van der Waals surface area contributed by atoms with Crippen molar-refractivity contribution in [1.29, 1.82) is 0 Å². The molecular weight excluding hydrogens is 176 g/mol. The van der Waals surface area contributed by atoms with E-state index in [2.05, 4.69) is 5.32 Å². The van der Waals surface area contributed by atoms with Gasteiger partial charge in [-0.05, 0) is 6.92 Å². The summed E-state index contributed by atoms with van der Waals surface area (Å²) < 4.78 is 0. The first-order valence-corrected chi connectivity index (χ1v) is 3.89. The minimum absolute atomic E-state index is 0.0200. The van der Waals surface area contributed by atoms with Crippen LogP contribution in [0.5, 0.6) is 0 Å². The van der Waals surface area contributed by atoms with Crippen LogP contribution in [0, 0.1) is 0 Å². The maximum Gasteiger partial charge on any atom is 0.332 e. The number of aliphatic carboxylic acids is 1. The van der Waals surface area contributed by atoms with Gasteiger partial charge in [0.1, 0.15) is 0 Å². The smallest absolute Gasteiger partial charge is 0.332 e. The summed E-state index contributed by atoms with van der Waals surface area (Å²) in [5, 5.41) is 19.4.